The molecular formula is C37H65NO14. The van der Waals surface area contributed by atoms with E-state index in [2.05, 4.69) is 0 Å². The van der Waals surface area contributed by atoms with Crippen LogP contribution >= 0.6 is 0 Å². The molecule has 0 aromatic carbocycles. The van der Waals surface area contributed by atoms with Gasteiger partial charge in [0.15, 0.2) is 6.29 Å². The molecule has 0 aliphatic carbocycles. The van der Waals surface area contributed by atoms with Crippen molar-refractivity contribution in [1.82, 2.24) is 4.90 Å². The van der Waals surface area contributed by atoms with Crippen molar-refractivity contribution in [3.63, 3.8) is 0 Å². The number of likely N-dealkylation sites (N-methyl/N-ethyl adjacent to an activating group) is 1. The Morgan fingerprint density at radius 3 is 2.17 bits per heavy atom. The number of Topliss-reactive ketones (excluding diaryl/α,β-unsaturated/α-hetero) is 1. The minimum Gasteiger partial charge on any atom is -0.459 e. The molecule has 302 valence electrons. The van der Waals surface area contributed by atoms with Crippen LogP contribution in [0.15, 0.2) is 0 Å². The smallest absolute Gasteiger partial charge is 0.314 e. The van der Waals surface area contributed by atoms with Gasteiger partial charge in [-0.25, -0.2) is 0 Å². The maximum Gasteiger partial charge on any atom is 0.314 e. The van der Waals surface area contributed by atoms with E-state index in [0.717, 1.165) is 0 Å². The molecule has 4 heterocycles. The van der Waals surface area contributed by atoms with Crippen LogP contribution in [0.2, 0.25) is 0 Å². The summed E-state index contributed by atoms with van der Waals surface area (Å²) in [6.07, 6.45) is -9.39. The number of fused-ring (bicyclic) bond motifs is 1. The molecule has 4 saturated heterocycles. The molecule has 0 saturated carbocycles. The Morgan fingerprint density at radius 1 is 0.962 bits per heavy atom. The highest BCUT2D eigenvalue weighted by atomic mass is 16.9. The van der Waals surface area contributed by atoms with Gasteiger partial charge in [0.1, 0.15) is 41.2 Å². The van der Waals surface area contributed by atoms with Crippen molar-refractivity contribution in [1.29, 1.82) is 0 Å². The molecule has 0 radical (unpaired) electrons. The summed E-state index contributed by atoms with van der Waals surface area (Å²) < 4.78 is 43.5. The molecule has 52 heavy (non-hydrogen) atoms. The largest absolute Gasteiger partial charge is 0.459 e. The van der Waals surface area contributed by atoms with Crippen molar-refractivity contribution < 1.29 is 68.3 Å². The summed E-state index contributed by atoms with van der Waals surface area (Å²) in [6, 6.07) is -0.338. The highest BCUT2D eigenvalue weighted by molar-refractivity contribution is 5.83. The van der Waals surface area contributed by atoms with Crippen molar-refractivity contribution in [2.24, 2.45) is 23.7 Å². The zero-order valence-electron chi connectivity index (χ0n) is 33.0. The van der Waals surface area contributed by atoms with Gasteiger partial charge in [-0.15, -0.1) is 0 Å². The number of aliphatic hydroxyl groups is 5. The van der Waals surface area contributed by atoms with Gasteiger partial charge in [-0.2, -0.15) is 0 Å². The standard InChI is InChI=1S/C37H65NO14/c1-13-25-36(9,45)29(41)20(4)26(39)18(2)15-34(7,44)31(50-33-27(40)24(38(10)11)14-19(3)48-33)21(5)28-23(32(43)49-25)16-47-37(52-28)17-35(8,46-12)30(42)22(6)51-37/h18-25,27-31,33,40-42,44-45H,13-17H2,1-12H3/t18-,19-,20+,21+,22+,23?,24+,25-,27-,28?,29-,30+,31-,33+,34-,35-,36-,37+/m1/s1. The quantitative estimate of drug-likeness (QED) is 0.250. The van der Waals surface area contributed by atoms with Gasteiger partial charge in [-0.3, -0.25) is 9.59 Å². The van der Waals surface area contributed by atoms with Crippen LogP contribution in [0.3, 0.4) is 0 Å². The summed E-state index contributed by atoms with van der Waals surface area (Å²) in [4.78, 5) is 30.0. The second kappa shape index (κ2) is 16.0. The van der Waals surface area contributed by atoms with Crippen molar-refractivity contribution in [2.75, 3.05) is 27.8 Å². The van der Waals surface area contributed by atoms with E-state index >= 15 is 0 Å². The van der Waals surface area contributed by atoms with Crippen molar-refractivity contribution in [3.05, 3.63) is 0 Å². The first kappa shape index (κ1) is 43.4. The van der Waals surface area contributed by atoms with Crippen LogP contribution in [-0.2, 0) is 42.7 Å². The molecule has 4 aliphatic rings. The first-order valence-electron chi connectivity index (χ1n) is 18.7. The zero-order chi connectivity index (χ0) is 39.3. The van der Waals surface area contributed by atoms with Crippen LogP contribution < -0.4 is 0 Å². The molecule has 5 N–H and O–H groups in total. The number of methoxy groups -OCH3 is 1. The fourth-order valence-electron chi connectivity index (χ4n) is 8.87. The number of carbonyl (C=O) groups excluding carboxylic acids is 2. The topological polar surface area (TPSA) is 203 Å². The van der Waals surface area contributed by atoms with Gasteiger partial charge in [-0.1, -0.05) is 27.7 Å². The average molecular weight is 748 g/mol. The van der Waals surface area contributed by atoms with E-state index in [4.69, 9.17) is 33.2 Å². The van der Waals surface area contributed by atoms with Crippen LogP contribution in [0.25, 0.3) is 0 Å². The van der Waals surface area contributed by atoms with Crippen molar-refractivity contribution >= 4 is 11.8 Å². The maximum atomic E-state index is 14.2. The normalized spacial score (nSPS) is 51.5. The van der Waals surface area contributed by atoms with Crippen LogP contribution in [-0.4, -0.2) is 154 Å². The number of cyclic esters (lactones) is 1. The Balaban J connectivity index is 1.86. The van der Waals surface area contributed by atoms with Crippen LogP contribution in [0.5, 0.6) is 0 Å². The third kappa shape index (κ3) is 8.41. The fourth-order valence-corrected chi connectivity index (χ4v) is 8.87. The minimum absolute atomic E-state index is 0.0939. The number of carbonyl (C=O) groups is 2. The average Bonchev–Trinajstić information content (AvgIpc) is 3.07. The summed E-state index contributed by atoms with van der Waals surface area (Å²) in [5.41, 5.74) is -5.03. The molecule has 0 aromatic rings. The molecule has 0 aromatic heterocycles. The molecule has 1 spiro atoms. The fraction of sp³-hybridized carbons (Fsp3) is 0.946. The second-order valence-electron chi connectivity index (χ2n) is 16.8. The first-order chi connectivity index (χ1) is 23.9. The highest BCUT2D eigenvalue weighted by Gasteiger charge is 2.61. The highest BCUT2D eigenvalue weighted by Crippen LogP contribution is 2.47. The molecule has 18 atom stereocenters. The number of aliphatic hydroxyl groups excluding tert-OH is 3. The Kier molecular flexibility index (Phi) is 13.4. The molecule has 4 fully saturated rings. The predicted molar refractivity (Wildman–Crippen MR) is 185 cm³/mol. The van der Waals surface area contributed by atoms with Gasteiger partial charge in [0, 0.05) is 30.9 Å². The van der Waals surface area contributed by atoms with E-state index in [-0.39, 0.29) is 38.0 Å². The van der Waals surface area contributed by atoms with E-state index in [9.17, 15) is 35.1 Å². The summed E-state index contributed by atoms with van der Waals surface area (Å²) in [6.45, 7) is 14.3. The van der Waals surface area contributed by atoms with Gasteiger partial charge in [-0.05, 0) is 68.0 Å². The molecule has 4 aliphatic heterocycles. The Hall–Kier alpha value is -1.34. The molecule has 0 bridgehead atoms. The third-order valence-electron chi connectivity index (χ3n) is 12.1. The predicted octanol–water partition coefficient (Wildman–Crippen LogP) is 1.12. The number of rotatable bonds is 5. The summed E-state index contributed by atoms with van der Waals surface area (Å²) in [5.74, 6) is -7.05. The number of hydrogen-bond donors (Lipinski definition) is 5. The lowest BCUT2D eigenvalue weighted by molar-refractivity contribution is -0.474. The van der Waals surface area contributed by atoms with Gasteiger partial charge >= 0.3 is 5.97 Å². The molecule has 0 amide bonds. The van der Waals surface area contributed by atoms with E-state index in [1.165, 1.54) is 27.9 Å². The lowest BCUT2D eigenvalue weighted by Gasteiger charge is -2.55. The molecule has 4 rings (SSSR count). The summed E-state index contributed by atoms with van der Waals surface area (Å²) in [7, 11) is 5.14. The Bertz CT molecular complexity index is 1250. The monoisotopic (exact) mass is 747 g/mol. The van der Waals surface area contributed by atoms with Crippen LogP contribution in [0.1, 0.15) is 88.0 Å². The minimum atomic E-state index is -2.03. The van der Waals surface area contributed by atoms with Crippen molar-refractivity contribution in [3.8, 4) is 0 Å². The molecular weight excluding hydrogens is 682 g/mol. The number of ether oxygens (including phenoxy) is 7. The number of nitrogens with zero attached hydrogens (tertiary/aromatic N) is 1. The molecule has 2 unspecified atom stereocenters. The summed E-state index contributed by atoms with van der Waals surface area (Å²) >= 11 is 0. The van der Waals surface area contributed by atoms with Gasteiger partial charge in [0.05, 0.1) is 49.1 Å². The van der Waals surface area contributed by atoms with E-state index in [1.807, 2.05) is 25.9 Å². The van der Waals surface area contributed by atoms with Crippen LogP contribution in [0, 0.1) is 23.7 Å². The lowest BCUT2D eigenvalue weighted by Crippen LogP contribution is -2.67. The van der Waals surface area contributed by atoms with Crippen molar-refractivity contribution in [2.45, 2.75) is 172 Å². The van der Waals surface area contributed by atoms with Gasteiger partial charge in [0.2, 0.25) is 0 Å². The number of ketones is 1. The van der Waals surface area contributed by atoms with E-state index in [0.29, 0.717) is 6.42 Å². The number of hydrogen-bond acceptors (Lipinski definition) is 15. The maximum absolute atomic E-state index is 14.2. The van der Waals surface area contributed by atoms with Crippen LogP contribution in [0.4, 0.5) is 0 Å². The first-order valence-corrected chi connectivity index (χ1v) is 18.7. The molecule has 15 heteroatoms. The SMILES string of the molecule is CC[C@H]1OC(=O)C2CO[C@]3(C[C@@](C)(OC)[C@@H](O)[C@H](C)O3)OC2[C@H](C)[C@@H](O[C@@H]2O[C@H](C)C[C@H](N(C)C)[C@H]2O)[C@](C)(O)C[C@@H](C)C(=O)[C@H](C)[C@@H](O)[C@]1(C)O. The Morgan fingerprint density at radius 2 is 1.60 bits per heavy atom. The lowest BCUT2D eigenvalue weighted by atomic mass is 9.73. The second-order valence-corrected chi connectivity index (χ2v) is 16.8. The Labute approximate surface area is 308 Å². The summed E-state index contributed by atoms with van der Waals surface area (Å²) in [5, 5.41) is 57.9. The molecule has 15 nitrogen and oxygen atoms in total. The number of esters is 1. The van der Waals surface area contributed by atoms with Gasteiger partial charge in [0.25, 0.3) is 5.97 Å². The third-order valence-corrected chi connectivity index (χ3v) is 12.1. The zero-order valence-corrected chi connectivity index (χ0v) is 33.0. The van der Waals surface area contributed by atoms with E-state index < -0.39 is 107 Å². The van der Waals surface area contributed by atoms with E-state index in [1.54, 1.807) is 34.6 Å². The van der Waals surface area contributed by atoms with Gasteiger partial charge < -0.3 is 63.6 Å².